The normalized spacial score (nSPS) is 11.7. The molecular weight excluding hydrogens is 409 g/mol. The standard InChI is InChI=1S/C22H23F3N4O2/c1-3-12-29(13-19(30)26-18-7-5-4-6-15(18)2)14-20-27-21(28-31-20)16-8-10-17(11-9-16)22(23,24)25/h4-11H,3,12-14H2,1-2H3,(H,26,30). The number of carbonyl (C=O) groups is 1. The molecule has 0 saturated heterocycles. The number of nitrogens with zero attached hydrogens (tertiary/aromatic N) is 3. The van der Waals surface area contributed by atoms with Gasteiger partial charge in [0, 0.05) is 11.3 Å². The van der Waals surface area contributed by atoms with Crippen LogP contribution in [0.25, 0.3) is 11.4 Å². The van der Waals surface area contributed by atoms with Gasteiger partial charge in [0.25, 0.3) is 0 Å². The molecule has 164 valence electrons. The van der Waals surface area contributed by atoms with E-state index >= 15 is 0 Å². The molecular formula is C22H23F3N4O2. The number of benzene rings is 2. The van der Waals surface area contributed by atoms with Crippen LogP contribution in [0.4, 0.5) is 18.9 Å². The van der Waals surface area contributed by atoms with Crippen LogP contribution in [-0.2, 0) is 17.5 Å². The summed E-state index contributed by atoms with van der Waals surface area (Å²) in [6.45, 7) is 4.94. The van der Waals surface area contributed by atoms with Crippen LogP contribution < -0.4 is 5.32 Å². The highest BCUT2D eigenvalue weighted by atomic mass is 19.4. The maximum atomic E-state index is 12.7. The van der Waals surface area contributed by atoms with Crippen LogP contribution in [-0.4, -0.2) is 34.0 Å². The maximum Gasteiger partial charge on any atom is 0.416 e. The second-order valence-electron chi connectivity index (χ2n) is 7.16. The van der Waals surface area contributed by atoms with Crippen molar-refractivity contribution in [1.82, 2.24) is 15.0 Å². The van der Waals surface area contributed by atoms with Crippen molar-refractivity contribution in [3.8, 4) is 11.4 Å². The minimum Gasteiger partial charge on any atom is -0.338 e. The Balaban J connectivity index is 1.65. The molecule has 3 rings (SSSR count). The summed E-state index contributed by atoms with van der Waals surface area (Å²) in [6, 6.07) is 12.1. The molecule has 0 atom stereocenters. The number of halogens is 3. The van der Waals surface area contributed by atoms with Crippen molar-refractivity contribution < 1.29 is 22.5 Å². The summed E-state index contributed by atoms with van der Waals surface area (Å²) in [4.78, 5) is 18.6. The molecule has 0 fully saturated rings. The van der Waals surface area contributed by atoms with Gasteiger partial charge in [-0.25, -0.2) is 0 Å². The fourth-order valence-corrected chi connectivity index (χ4v) is 3.07. The summed E-state index contributed by atoms with van der Waals surface area (Å²) in [5.74, 6) is 0.321. The number of amides is 1. The van der Waals surface area contributed by atoms with E-state index in [1.54, 1.807) is 0 Å². The van der Waals surface area contributed by atoms with Crippen molar-refractivity contribution >= 4 is 11.6 Å². The predicted octanol–water partition coefficient (Wildman–Crippen LogP) is 4.91. The van der Waals surface area contributed by atoms with E-state index in [0.717, 1.165) is 29.8 Å². The lowest BCUT2D eigenvalue weighted by molar-refractivity contribution is -0.137. The molecule has 1 heterocycles. The molecule has 0 bridgehead atoms. The Hall–Kier alpha value is -3.20. The second-order valence-corrected chi connectivity index (χ2v) is 7.16. The summed E-state index contributed by atoms with van der Waals surface area (Å²) in [5.41, 5.74) is 1.40. The van der Waals surface area contributed by atoms with Crippen LogP contribution >= 0.6 is 0 Å². The number of aromatic nitrogens is 2. The van der Waals surface area contributed by atoms with Gasteiger partial charge in [0.1, 0.15) is 0 Å². The monoisotopic (exact) mass is 432 g/mol. The third-order valence-electron chi connectivity index (χ3n) is 4.62. The predicted molar refractivity (Wildman–Crippen MR) is 110 cm³/mol. The molecule has 0 aliphatic heterocycles. The summed E-state index contributed by atoms with van der Waals surface area (Å²) in [5, 5.41) is 6.75. The Labute approximate surface area is 178 Å². The lowest BCUT2D eigenvalue weighted by Crippen LogP contribution is -2.33. The van der Waals surface area contributed by atoms with E-state index in [2.05, 4.69) is 15.5 Å². The molecule has 2 aromatic carbocycles. The van der Waals surface area contributed by atoms with Gasteiger partial charge in [0.05, 0.1) is 18.7 Å². The van der Waals surface area contributed by atoms with E-state index < -0.39 is 11.7 Å². The van der Waals surface area contributed by atoms with E-state index in [9.17, 15) is 18.0 Å². The molecule has 0 saturated carbocycles. The number of para-hydroxylation sites is 1. The second kappa shape index (κ2) is 9.74. The Morgan fingerprint density at radius 2 is 1.84 bits per heavy atom. The van der Waals surface area contributed by atoms with Crippen LogP contribution in [0.2, 0.25) is 0 Å². The Morgan fingerprint density at radius 3 is 2.48 bits per heavy atom. The zero-order valence-electron chi connectivity index (χ0n) is 17.2. The molecule has 1 N–H and O–H groups in total. The number of aryl methyl sites for hydroxylation is 1. The molecule has 0 unspecified atom stereocenters. The lowest BCUT2D eigenvalue weighted by Gasteiger charge is -2.19. The van der Waals surface area contributed by atoms with E-state index in [-0.39, 0.29) is 30.7 Å². The SMILES string of the molecule is CCCN(CC(=O)Nc1ccccc1C)Cc1nc(-c2ccc(C(F)(F)F)cc2)no1. The average molecular weight is 432 g/mol. The quantitative estimate of drug-likeness (QED) is 0.547. The number of rotatable bonds is 8. The number of anilines is 1. The summed E-state index contributed by atoms with van der Waals surface area (Å²) < 4.78 is 43.4. The van der Waals surface area contributed by atoms with Gasteiger partial charge in [-0.2, -0.15) is 18.2 Å². The van der Waals surface area contributed by atoms with E-state index in [1.165, 1.54) is 12.1 Å². The van der Waals surface area contributed by atoms with Gasteiger partial charge in [0.2, 0.25) is 17.6 Å². The first-order valence-corrected chi connectivity index (χ1v) is 9.84. The van der Waals surface area contributed by atoms with Crippen LogP contribution in [0.15, 0.2) is 53.1 Å². The van der Waals surface area contributed by atoms with Crippen molar-refractivity contribution in [2.45, 2.75) is 33.0 Å². The Bertz CT molecular complexity index is 1020. The summed E-state index contributed by atoms with van der Waals surface area (Å²) >= 11 is 0. The number of nitrogens with one attached hydrogen (secondary N) is 1. The summed E-state index contributed by atoms with van der Waals surface area (Å²) in [6.07, 6.45) is -3.59. The third-order valence-corrected chi connectivity index (χ3v) is 4.62. The number of alkyl halides is 3. The first-order valence-electron chi connectivity index (χ1n) is 9.84. The molecule has 31 heavy (non-hydrogen) atoms. The maximum absolute atomic E-state index is 12.7. The molecule has 3 aromatic rings. The van der Waals surface area contributed by atoms with Crippen molar-refractivity contribution in [3.63, 3.8) is 0 Å². The van der Waals surface area contributed by atoms with Crippen LogP contribution in [0, 0.1) is 6.92 Å². The van der Waals surface area contributed by atoms with E-state index in [1.807, 2.05) is 43.0 Å². The molecule has 0 aliphatic carbocycles. The summed E-state index contributed by atoms with van der Waals surface area (Å²) in [7, 11) is 0. The molecule has 9 heteroatoms. The van der Waals surface area contributed by atoms with Gasteiger partial charge >= 0.3 is 6.18 Å². The highest BCUT2D eigenvalue weighted by molar-refractivity contribution is 5.92. The Morgan fingerprint density at radius 1 is 1.13 bits per heavy atom. The number of hydrogen-bond acceptors (Lipinski definition) is 5. The zero-order valence-corrected chi connectivity index (χ0v) is 17.2. The number of carbonyl (C=O) groups excluding carboxylic acids is 1. The minimum absolute atomic E-state index is 0.139. The van der Waals surface area contributed by atoms with Gasteiger partial charge in [-0.1, -0.05) is 42.4 Å². The largest absolute Gasteiger partial charge is 0.416 e. The van der Waals surface area contributed by atoms with Crippen molar-refractivity contribution in [2.24, 2.45) is 0 Å². The highest BCUT2D eigenvalue weighted by Crippen LogP contribution is 2.30. The first kappa shape index (κ1) is 22.5. The van der Waals surface area contributed by atoms with Crippen molar-refractivity contribution in [3.05, 3.63) is 65.5 Å². The van der Waals surface area contributed by atoms with Gasteiger partial charge in [-0.15, -0.1) is 0 Å². The van der Waals surface area contributed by atoms with Gasteiger partial charge in [0.15, 0.2) is 0 Å². The highest BCUT2D eigenvalue weighted by Gasteiger charge is 2.30. The number of hydrogen-bond donors (Lipinski definition) is 1. The molecule has 1 aromatic heterocycles. The molecule has 0 spiro atoms. The zero-order chi connectivity index (χ0) is 22.4. The van der Waals surface area contributed by atoms with E-state index in [4.69, 9.17) is 4.52 Å². The van der Waals surface area contributed by atoms with Crippen molar-refractivity contribution in [2.75, 3.05) is 18.4 Å². The first-order chi connectivity index (χ1) is 14.8. The van der Waals surface area contributed by atoms with Crippen LogP contribution in [0.1, 0.15) is 30.4 Å². The average Bonchev–Trinajstić information content (AvgIpc) is 3.18. The molecule has 0 aliphatic rings. The van der Waals surface area contributed by atoms with Crippen molar-refractivity contribution in [1.29, 1.82) is 0 Å². The molecule has 0 radical (unpaired) electrons. The smallest absolute Gasteiger partial charge is 0.338 e. The fraction of sp³-hybridized carbons (Fsp3) is 0.318. The van der Waals surface area contributed by atoms with Crippen LogP contribution in [0.3, 0.4) is 0 Å². The van der Waals surface area contributed by atoms with Crippen LogP contribution in [0.5, 0.6) is 0 Å². The van der Waals surface area contributed by atoms with Gasteiger partial charge in [-0.05, 0) is 43.7 Å². The fourth-order valence-electron chi connectivity index (χ4n) is 3.07. The molecule has 1 amide bonds. The van der Waals surface area contributed by atoms with Gasteiger partial charge in [-0.3, -0.25) is 9.69 Å². The third kappa shape index (κ3) is 6.14. The van der Waals surface area contributed by atoms with Gasteiger partial charge < -0.3 is 9.84 Å². The minimum atomic E-state index is -4.40. The van der Waals surface area contributed by atoms with E-state index in [0.29, 0.717) is 12.1 Å². The lowest BCUT2D eigenvalue weighted by atomic mass is 10.1. The topological polar surface area (TPSA) is 71.3 Å². The Kier molecular flexibility index (Phi) is 7.06. The molecule has 6 nitrogen and oxygen atoms in total.